The van der Waals surface area contributed by atoms with Crippen LogP contribution in [0, 0.1) is 6.92 Å². The molecule has 2 aromatic rings. The molecule has 1 heterocycles. The van der Waals surface area contributed by atoms with Crippen molar-refractivity contribution < 1.29 is 14.3 Å². The van der Waals surface area contributed by atoms with Crippen molar-refractivity contribution in [2.75, 3.05) is 14.2 Å². The molecule has 24 heavy (non-hydrogen) atoms. The highest BCUT2D eigenvalue weighted by Crippen LogP contribution is 2.29. The Balaban J connectivity index is 1.99. The summed E-state index contributed by atoms with van der Waals surface area (Å²) < 4.78 is 12.3. The van der Waals surface area contributed by atoms with E-state index in [4.69, 9.17) is 21.1 Å². The van der Waals surface area contributed by atoms with E-state index < -0.39 is 0 Å². The van der Waals surface area contributed by atoms with Crippen molar-refractivity contribution in [1.82, 2.24) is 15.1 Å². The molecule has 0 aliphatic heterocycles. The highest BCUT2D eigenvalue weighted by Gasteiger charge is 2.15. The molecule has 1 amide bonds. The van der Waals surface area contributed by atoms with Gasteiger partial charge >= 0.3 is 0 Å². The Morgan fingerprint density at radius 1 is 1.38 bits per heavy atom. The second-order valence-electron chi connectivity index (χ2n) is 5.45. The van der Waals surface area contributed by atoms with Gasteiger partial charge < -0.3 is 14.8 Å². The minimum absolute atomic E-state index is 0.0709. The Bertz CT molecular complexity index is 715. The predicted molar refractivity (Wildman–Crippen MR) is 92.7 cm³/mol. The van der Waals surface area contributed by atoms with Crippen LogP contribution in [-0.4, -0.2) is 29.9 Å². The Morgan fingerprint density at radius 2 is 2.12 bits per heavy atom. The molecule has 1 unspecified atom stereocenters. The van der Waals surface area contributed by atoms with E-state index in [1.165, 1.54) is 0 Å². The number of carbonyl (C=O) groups excluding carboxylic acids is 1. The van der Waals surface area contributed by atoms with Crippen molar-refractivity contribution in [1.29, 1.82) is 0 Å². The summed E-state index contributed by atoms with van der Waals surface area (Å²) in [5.41, 5.74) is 1.72. The number of halogens is 1. The predicted octanol–water partition coefficient (Wildman–Crippen LogP) is 3.13. The molecule has 2 rings (SSSR count). The van der Waals surface area contributed by atoms with Crippen molar-refractivity contribution in [3.63, 3.8) is 0 Å². The number of benzene rings is 1. The van der Waals surface area contributed by atoms with E-state index in [2.05, 4.69) is 10.4 Å². The Morgan fingerprint density at radius 3 is 2.71 bits per heavy atom. The molecule has 0 saturated carbocycles. The lowest BCUT2D eigenvalue weighted by molar-refractivity contribution is -0.122. The molecule has 1 N–H and O–H groups in total. The average molecular weight is 352 g/mol. The first kappa shape index (κ1) is 18.1. The molecule has 130 valence electrons. The molecule has 7 heteroatoms. The van der Waals surface area contributed by atoms with Gasteiger partial charge in [0.25, 0.3) is 0 Å². The van der Waals surface area contributed by atoms with Crippen molar-refractivity contribution in [2.45, 2.75) is 32.9 Å². The second kappa shape index (κ2) is 8.06. The van der Waals surface area contributed by atoms with E-state index in [-0.39, 0.29) is 11.9 Å². The zero-order valence-corrected chi connectivity index (χ0v) is 15.1. The molecule has 0 radical (unpaired) electrons. The molecule has 0 saturated heterocycles. The number of nitrogens with one attached hydrogen (secondary N) is 1. The Kier molecular flexibility index (Phi) is 6.09. The van der Waals surface area contributed by atoms with Crippen LogP contribution in [-0.2, 0) is 11.3 Å². The maximum Gasteiger partial charge on any atom is 0.222 e. The van der Waals surface area contributed by atoms with E-state index >= 15 is 0 Å². The summed E-state index contributed by atoms with van der Waals surface area (Å²) in [5, 5.41) is 7.71. The van der Waals surface area contributed by atoms with Gasteiger partial charge in [-0.2, -0.15) is 5.10 Å². The smallest absolute Gasteiger partial charge is 0.222 e. The molecule has 0 fully saturated rings. The van der Waals surface area contributed by atoms with Crippen LogP contribution in [0.2, 0.25) is 5.02 Å². The number of hydrogen-bond donors (Lipinski definition) is 1. The van der Waals surface area contributed by atoms with Gasteiger partial charge in [-0.05, 0) is 32.0 Å². The second-order valence-corrected chi connectivity index (χ2v) is 5.86. The van der Waals surface area contributed by atoms with Crippen molar-refractivity contribution in [2.24, 2.45) is 0 Å². The summed E-state index contributed by atoms with van der Waals surface area (Å²) in [6.45, 7) is 4.26. The van der Waals surface area contributed by atoms with Crippen molar-refractivity contribution >= 4 is 17.5 Å². The fourth-order valence-electron chi connectivity index (χ4n) is 2.43. The molecule has 0 spiro atoms. The van der Waals surface area contributed by atoms with E-state index in [9.17, 15) is 4.79 Å². The first-order chi connectivity index (χ1) is 11.5. The maximum absolute atomic E-state index is 12.2. The number of rotatable bonds is 7. The Hall–Kier alpha value is -2.21. The number of hydrogen-bond acceptors (Lipinski definition) is 4. The van der Waals surface area contributed by atoms with Crippen molar-refractivity contribution in [3.8, 4) is 11.5 Å². The quantitative estimate of drug-likeness (QED) is 0.832. The number of carbonyl (C=O) groups is 1. The molecule has 1 atom stereocenters. The third-order valence-electron chi connectivity index (χ3n) is 3.87. The fourth-order valence-corrected chi connectivity index (χ4v) is 2.57. The first-order valence-corrected chi connectivity index (χ1v) is 8.03. The van der Waals surface area contributed by atoms with Gasteiger partial charge in [-0.15, -0.1) is 0 Å². The van der Waals surface area contributed by atoms with Crippen LogP contribution in [0.3, 0.4) is 0 Å². The molecule has 0 aliphatic rings. The van der Waals surface area contributed by atoms with Crippen LogP contribution in [0.25, 0.3) is 0 Å². The van der Waals surface area contributed by atoms with Gasteiger partial charge in [0.15, 0.2) is 0 Å². The number of nitrogens with zero attached hydrogens (tertiary/aromatic N) is 2. The monoisotopic (exact) mass is 351 g/mol. The average Bonchev–Trinajstić information content (AvgIpc) is 2.91. The number of amides is 1. The molecule has 0 bridgehead atoms. The minimum Gasteiger partial charge on any atom is -0.497 e. The summed E-state index contributed by atoms with van der Waals surface area (Å²) in [6, 6.07) is 5.30. The lowest BCUT2D eigenvalue weighted by atomic mass is 10.1. The zero-order chi connectivity index (χ0) is 17.7. The topological polar surface area (TPSA) is 65.4 Å². The lowest BCUT2D eigenvalue weighted by Crippen LogP contribution is -2.28. The van der Waals surface area contributed by atoms with Crippen LogP contribution in [0.15, 0.2) is 24.4 Å². The SMILES string of the molecule is COc1ccc(OC)c(C(C)NC(=O)CCn2ncc(Cl)c2C)c1. The number of ether oxygens (including phenoxy) is 2. The summed E-state index contributed by atoms with van der Waals surface area (Å²) in [7, 11) is 3.20. The third-order valence-corrected chi connectivity index (χ3v) is 4.25. The maximum atomic E-state index is 12.2. The Labute approximate surface area is 146 Å². The fraction of sp³-hybridized carbons (Fsp3) is 0.412. The van der Waals surface area contributed by atoms with E-state index in [0.717, 1.165) is 11.3 Å². The van der Waals surface area contributed by atoms with Crippen LogP contribution >= 0.6 is 11.6 Å². The largest absolute Gasteiger partial charge is 0.497 e. The summed E-state index contributed by atoms with van der Waals surface area (Å²) >= 11 is 5.96. The molecular weight excluding hydrogens is 330 g/mol. The van der Waals surface area contributed by atoms with Crippen LogP contribution in [0.5, 0.6) is 11.5 Å². The minimum atomic E-state index is -0.204. The van der Waals surface area contributed by atoms with Crippen molar-refractivity contribution in [3.05, 3.63) is 40.7 Å². The van der Waals surface area contributed by atoms with Gasteiger partial charge in [0.2, 0.25) is 5.91 Å². The zero-order valence-electron chi connectivity index (χ0n) is 14.3. The molecular formula is C17H22ClN3O3. The molecule has 0 aliphatic carbocycles. The van der Waals surface area contributed by atoms with E-state index in [1.807, 2.05) is 32.0 Å². The van der Waals surface area contributed by atoms with Gasteiger partial charge in [0.05, 0.1) is 43.7 Å². The summed E-state index contributed by atoms with van der Waals surface area (Å²) in [6.07, 6.45) is 1.90. The summed E-state index contributed by atoms with van der Waals surface area (Å²) in [4.78, 5) is 12.2. The first-order valence-electron chi connectivity index (χ1n) is 7.65. The van der Waals surface area contributed by atoms with Gasteiger partial charge in [0.1, 0.15) is 11.5 Å². The molecule has 1 aromatic heterocycles. The van der Waals surface area contributed by atoms with E-state index in [0.29, 0.717) is 29.5 Å². The number of aromatic nitrogens is 2. The standard InChI is InChI=1S/C17H22ClN3O3/c1-11(14-9-13(23-3)5-6-16(14)24-4)20-17(22)7-8-21-12(2)15(18)10-19-21/h5-6,9-11H,7-8H2,1-4H3,(H,20,22). The van der Waals surface area contributed by atoms with Gasteiger partial charge in [-0.3, -0.25) is 9.48 Å². The highest BCUT2D eigenvalue weighted by atomic mass is 35.5. The van der Waals surface area contributed by atoms with Crippen LogP contribution in [0.1, 0.15) is 30.6 Å². The number of methoxy groups -OCH3 is 2. The lowest BCUT2D eigenvalue weighted by Gasteiger charge is -2.18. The summed E-state index contributed by atoms with van der Waals surface area (Å²) in [5.74, 6) is 1.35. The van der Waals surface area contributed by atoms with Crippen LogP contribution in [0.4, 0.5) is 0 Å². The number of aryl methyl sites for hydroxylation is 1. The van der Waals surface area contributed by atoms with Crippen LogP contribution < -0.4 is 14.8 Å². The van der Waals surface area contributed by atoms with Gasteiger partial charge in [-0.1, -0.05) is 11.6 Å². The molecule has 6 nitrogen and oxygen atoms in total. The van der Waals surface area contributed by atoms with Gasteiger partial charge in [-0.25, -0.2) is 0 Å². The normalized spacial score (nSPS) is 11.9. The van der Waals surface area contributed by atoms with Gasteiger partial charge in [0, 0.05) is 12.0 Å². The van der Waals surface area contributed by atoms with E-state index in [1.54, 1.807) is 25.1 Å². The highest BCUT2D eigenvalue weighted by molar-refractivity contribution is 6.31. The molecule has 1 aromatic carbocycles. The third kappa shape index (κ3) is 4.20.